The first-order valence-electron chi connectivity index (χ1n) is 10.6. The topological polar surface area (TPSA) is 64.9 Å². The van der Waals surface area contributed by atoms with E-state index in [1.807, 2.05) is 26.0 Å². The van der Waals surface area contributed by atoms with Crippen LogP contribution >= 0.6 is 0 Å². The molecular formula is C25H35N3. The molecule has 3 nitrogen and oxygen atoms in total. The van der Waals surface area contributed by atoms with Crippen LogP contribution in [-0.4, -0.2) is 11.0 Å². The third-order valence-electron chi connectivity index (χ3n) is 4.99. The fourth-order valence-corrected chi connectivity index (χ4v) is 3.39. The summed E-state index contributed by atoms with van der Waals surface area (Å²) in [6, 6.07) is 11.0. The molecule has 28 heavy (non-hydrogen) atoms. The van der Waals surface area contributed by atoms with E-state index >= 15 is 0 Å². The molecule has 1 saturated carbocycles. The van der Waals surface area contributed by atoms with Crippen LogP contribution in [0.4, 0.5) is 5.82 Å². The average molecular weight is 378 g/mol. The zero-order valence-corrected chi connectivity index (χ0v) is 17.6. The molecule has 0 bridgehead atoms. The van der Waals surface area contributed by atoms with E-state index in [-0.39, 0.29) is 0 Å². The Bertz CT molecular complexity index is 873. The highest BCUT2D eigenvalue weighted by atomic mass is 14.8. The quantitative estimate of drug-likeness (QED) is 0.771. The predicted octanol–water partition coefficient (Wildman–Crippen LogP) is 4.46. The summed E-state index contributed by atoms with van der Waals surface area (Å²) in [5, 5.41) is 2.18. The van der Waals surface area contributed by atoms with Crippen molar-refractivity contribution in [1.29, 1.82) is 0 Å². The lowest BCUT2D eigenvalue weighted by molar-refractivity contribution is 0.441. The Morgan fingerprint density at radius 2 is 1.68 bits per heavy atom. The summed E-state index contributed by atoms with van der Waals surface area (Å²) in [5.41, 5.74) is 15.0. The SMILES string of the molecule is CC.Cc1ccc(-c2cc3c(c(N)n2)=CC=CCC=3)cc1.NC1CCCCC1. The van der Waals surface area contributed by atoms with E-state index in [2.05, 4.69) is 54.4 Å². The zero-order valence-electron chi connectivity index (χ0n) is 17.6. The lowest BCUT2D eigenvalue weighted by atomic mass is 9.97. The number of hydrogen-bond donors (Lipinski definition) is 2. The van der Waals surface area contributed by atoms with Gasteiger partial charge in [0.2, 0.25) is 0 Å². The zero-order chi connectivity index (χ0) is 20.4. The number of allylic oxidation sites excluding steroid dienone is 2. The van der Waals surface area contributed by atoms with E-state index in [0.717, 1.165) is 28.1 Å². The van der Waals surface area contributed by atoms with E-state index in [1.54, 1.807) is 0 Å². The molecule has 2 aliphatic carbocycles. The number of fused-ring (bicyclic) bond motifs is 1. The summed E-state index contributed by atoms with van der Waals surface area (Å²) in [4.78, 5) is 4.52. The maximum atomic E-state index is 6.08. The van der Waals surface area contributed by atoms with E-state index in [1.165, 1.54) is 37.7 Å². The number of benzene rings is 1. The Hall–Kier alpha value is -2.39. The van der Waals surface area contributed by atoms with Gasteiger partial charge in [0.25, 0.3) is 0 Å². The van der Waals surface area contributed by atoms with Gasteiger partial charge in [0.05, 0.1) is 5.69 Å². The largest absolute Gasteiger partial charge is 0.383 e. The number of nitrogens with two attached hydrogens (primary N) is 2. The molecule has 2 aliphatic rings. The van der Waals surface area contributed by atoms with Gasteiger partial charge < -0.3 is 11.5 Å². The predicted molar refractivity (Wildman–Crippen MR) is 123 cm³/mol. The second kappa shape index (κ2) is 11.5. The van der Waals surface area contributed by atoms with Crippen LogP contribution in [0.2, 0.25) is 0 Å². The minimum atomic E-state index is 0.536. The van der Waals surface area contributed by atoms with Gasteiger partial charge >= 0.3 is 0 Å². The molecule has 1 aromatic heterocycles. The summed E-state index contributed by atoms with van der Waals surface area (Å²) in [6.45, 7) is 6.08. The molecule has 1 heterocycles. The highest BCUT2D eigenvalue weighted by Gasteiger charge is 2.06. The van der Waals surface area contributed by atoms with Crippen molar-refractivity contribution >= 4 is 18.0 Å². The number of rotatable bonds is 1. The maximum Gasteiger partial charge on any atom is 0.131 e. The fraction of sp³-hybridized carbons (Fsp3) is 0.400. The first-order valence-corrected chi connectivity index (χ1v) is 10.6. The van der Waals surface area contributed by atoms with Gasteiger partial charge in [-0.25, -0.2) is 4.98 Å². The number of nitrogens with zero attached hydrogens (tertiary/aromatic N) is 1. The molecule has 0 unspecified atom stereocenters. The maximum absolute atomic E-state index is 6.08. The molecule has 0 amide bonds. The Morgan fingerprint density at radius 1 is 1.00 bits per heavy atom. The van der Waals surface area contributed by atoms with Crippen LogP contribution in [-0.2, 0) is 0 Å². The summed E-state index contributed by atoms with van der Waals surface area (Å²) >= 11 is 0. The van der Waals surface area contributed by atoms with Gasteiger partial charge in [0.15, 0.2) is 0 Å². The number of nitrogen functional groups attached to an aromatic ring is 1. The van der Waals surface area contributed by atoms with E-state index in [9.17, 15) is 0 Å². The molecular weight excluding hydrogens is 342 g/mol. The molecule has 0 atom stereocenters. The molecule has 0 saturated heterocycles. The molecule has 0 spiro atoms. The monoisotopic (exact) mass is 377 g/mol. The fourth-order valence-electron chi connectivity index (χ4n) is 3.39. The van der Waals surface area contributed by atoms with Gasteiger partial charge in [-0.05, 0) is 37.5 Å². The van der Waals surface area contributed by atoms with Crippen LogP contribution in [0, 0.1) is 6.92 Å². The second-order valence-electron chi connectivity index (χ2n) is 7.19. The molecule has 150 valence electrons. The average Bonchev–Trinajstić information content (AvgIpc) is 2.97. The van der Waals surface area contributed by atoms with Crippen LogP contribution < -0.4 is 21.9 Å². The minimum Gasteiger partial charge on any atom is -0.383 e. The summed E-state index contributed by atoms with van der Waals surface area (Å²) < 4.78 is 0. The van der Waals surface area contributed by atoms with Crippen molar-refractivity contribution in [2.24, 2.45) is 5.73 Å². The van der Waals surface area contributed by atoms with Crippen molar-refractivity contribution in [3.8, 4) is 11.3 Å². The normalized spacial score (nSPS) is 15.4. The third kappa shape index (κ3) is 6.35. The van der Waals surface area contributed by atoms with Crippen molar-refractivity contribution < 1.29 is 0 Å². The molecule has 1 fully saturated rings. The summed E-state index contributed by atoms with van der Waals surface area (Å²) in [6.07, 6.45) is 16.0. The number of pyridine rings is 1. The molecule has 1 aromatic carbocycles. The van der Waals surface area contributed by atoms with Gasteiger partial charge in [-0.2, -0.15) is 0 Å². The molecule has 4 rings (SSSR count). The van der Waals surface area contributed by atoms with Crippen molar-refractivity contribution in [2.45, 2.75) is 65.3 Å². The standard InChI is InChI=1S/C17H16N2.C6H13N.C2H6/c1-12-7-9-13(10-8-12)16-11-14-5-3-2-4-6-15(14)17(18)19-16;7-6-4-2-1-3-5-6;1-2/h2,4-11H,3H2,1H3,(H2,18,19);6H,1-5,7H2;1-2H3. The number of aryl methyl sites for hydroxylation is 1. The minimum absolute atomic E-state index is 0.536. The molecule has 0 radical (unpaired) electrons. The lowest BCUT2D eigenvalue weighted by Gasteiger charge is -2.15. The Balaban J connectivity index is 0.000000261. The van der Waals surface area contributed by atoms with Crippen LogP contribution in [0.5, 0.6) is 0 Å². The third-order valence-corrected chi connectivity index (χ3v) is 4.99. The van der Waals surface area contributed by atoms with E-state index in [0.29, 0.717) is 11.9 Å². The second-order valence-corrected chi connectivity index (χ2v) is 7.19. The van der Waals surface area contributed by atoms with Crippen LogP contribution in [0.3, 0.4) is 0 Å². The summed E-state index contributed by atoms with van der Waals surface area (Å²) in [7, 11) is 0. The Kier molecular flexibility index (Phi) is 8.96. The van der Waals surface area contributed by atoms with Gasteiger partial charge in [0.1, 0.15) is 5.82 Å². The first kappa shape index (κ1) is 21.9. The Morgan fingerprint density at radius 3 is 2.29 bits per heavy atom. The van der Waals surface area contributed by atoms with Gasteiger partial charge in [-0.15, -0.1) is 0 Å². The lowest BCUT2D eigenvalue weighted by Crippen LogP contribution is -2.29. The summed E-state index contributed by atoms with van der Waals surface area (Å²) in [5.74, 6) is 0.593. The molecule has 0 aliphatic heterocycles. The first-order chi connectivity index (χ1) is 13.6. The van der Waals surface area contributed by atoms with E-state index in [4.69, 9.17) is 11.5 Å². The molecule has 3 heteroatoms. The van der Waals surface area contributed by atoms with E-state index < -0.39 is 0 Å². The smallest absolute Gasteiger partial charge is 0.131 e. The van der Waals surface area contributed by atoms with Crippen molar-refractivity contribution in [3.63, 3.8) is 0 Å². The van der Waals surface area contributed by atoms with Gasteiger partial charge in [-0.1, -0.05) is 87.2 Å². The highest BCUT2D eigenvalue weighted by molar-refractivity contribution is 5.63. The number of aromatic nitrogens is 1. The molecule has 4 N–H and O–H groups in total. The van der Waals surface area contributed by atoms with Crippen LogP contribution in [0.15, 0.2) is 42.5 Å². The van der Waals surface area contributed by atoms with Crippen LogP contribution in [0.1, 0.15) is 57.9 Å². The highest BCUT2D eigenvalue weighted by Crippen LogP contribution is 2.16. The van der Waals surface area contributed by atoms with Crippen molar-refractivity contribution in [3.05, 3.63) is 58.5 Å². The number of anilines is 1. The van der Waals surface area contributed by atoms with Crippen molar-refractivity contribution in [2.75, 3.05) is 5.73 Å². The Labute approximate surface area is 169 Å². The molecule has 2 aromatic rings. The van der Waals surface area contributed by atoms with Crippen molar-refractivity contribution in [1.82, 2.24) is 4.98 Å². The number of hydrogen-bond acceptors (Lipinski definition) is 3. The van der Waals surface area contributed by atoms with Crippen LogP contribution in [0.25, 0.3) is 23.4 Å². The van der Waals surface area contributed by atoms with Gasteiger partial charge in [-0.3, -0.25) is 0 Å². The van der Waals surface area contributed by atoms with Gasteiger partial charge in [0, 0.05) is 16.8 Å².